The lowest BCUT2D eigenvalue weighted by atomic mass is 10.1. The fourth-order valence-corrected chi connectivity index (χ4v) is 1.94. The minimum absolute atomic E-state index is 0.172. The van der Waals surface area contributed by atoms with Crippen molar-refractivity contribution < 1.29 is 23.0 Å². The normalized spacial score (nSPS) is 17.5. The first-order valence-electron chi connectivity index (χ1n) is 6.82. The highest BCUT2D eigenvalue weighted by Crippen LogP contribution is 2.15. The summed E-state index contributed by atoms with van der Waals surface area (Å²) < 4.78 is 36.0. The Morgan fingerprint density at radius 1 is 1.33 bits per heavy atom. The third-order valence-corrected chi connectivity index (χ3v) is 3.12. The Morgan fingerprint density at radius 3 is 2.90 bits per heavy atom. The Bertz CT molecular complexity index is 479. The molecule has 21 heavy (non-hydrogen) atoms. The van der Waals surface area contributed by atoms with E-state index in [4.69, 9.17) is 9.47 Å². The maximum Gasteiger partial charge on any atom is 0.314 e. The van der Waals surface area contributed by atoms with Crippen LogP contribution in [0, 0.1) is 17.6 Å². The summed E-state index contributed by atoms with van der Waals surface area (Å²) in [6.07, 6.45) is 0.958. The average Bonchev–Trinajstić information content (AvgIpc) is 2.98. The first kappa shape index (κ1) is 15.5. The fraction of sp³-hybridized carbons (Fsp3) is 0.500. The standard InChI is InChI=1S/C14H18F2N2O3/c15-12-2-1-11(7-13(12)16)21-6-4-17-14(19)18-8-10-3-5-20-9-10/h1-2,7,10H,3-6,8-9H2,(H2,17,18,19)/t10-/m1/s1. The van der Waals surface area contributed by atoms with Crippen LogP contribution in [0.25, 0.3) is 0 Å². The number of ether oxygens (including phenoxy) is 2. The highest BCUT2D eigenvalue weighted by Gasteiger charge is 2.15. The lowest BCUT2D eigenvalue weighted by Crippen LogP contribution is -2.40. The zero-order chi connectivity index (χ0) is 15.1. The highest BCUT2D eigenvalue weighted by atomic mass is 19.2. The van der Waals surface area contributed by atoms with Gasteiger partial charge >= 0.3 is 6.03 Å². The van der Waals surface area contributed by atoms with E-state index in [1.807, 2.05) is 0 Å². The summed E-state index contributed by atoms with van der Waals surface area (Å²) in [5.41, 5.74) is 0. The van der Waals surface area contributed by atoms with Crippen molar-refractivity contribution in [3.8, 4) is 5.75 Å². The number of urea groups is 1. The van der Waals surface area contributed by atoms with Gasteiger partial charge in [0, 0.05) is 25.1 Å². The van der Waals surface area contributed by atoms with Gasteiger partial charge < -0.3 is 20.1 Å². The fourth-order valence-electron chi connectivity index (χ4n) is 1.94. The first-order chi connectivity index (χ1) is 10.1. The lowest BCUT2D eigenvalue weighted by molar-refractivity contribution is 0.185. The molecule has 116 valence electrons. The van der Waals surface area contributed by atoms with Gasteiger partial charge in [0.2, 0.25) is 0 Å². The maximum atomic E-state index is 12.9. The molecule has 2 rings (SSSR count). The summed E-state index contributed by atoms with van der Waals surface area (Å²) >= 11 is 0. The Labute approximate surface area is 121 Å². The number of amides is 2. The van der Waals surface area contributed by atoms with Crippen molar-refractivity contribution in [3.63, 3.8) is 0 Å². The molecule has 1 aliphatic heterocycles. The van der Waals surface area contributed by atoms with Crippen molar-refractivity contribution in [2.75, 3.05) is 32.9 Å². The second-order valence-electron chi connectivity index (χ2n) is 4.79. The minimum Gasteiger partial charge on any atom is -0.492 e. The number of hydrogen-bond donors (Lipinski definition) is 2. The topological polar surface area (TPSA) is 59.6 Å². The highest BCUT2D eigenvalue weighted by molar-refractivity contribution is 5.73. The summed E-state index contributed by atoms with van der Waals surface area (Å²) in [4.78, 5) is 11.5. The van der Waals surface area contributed by atoms with Crippen molar-refractivity contribution in [1.29, 1.82) is 0 Å². The van der Waals surface area contributed by atoms with E-state index >= 15 is 0 Å². The molecule has 0 unspecified atom stereocenters. The van der Waals surface area contributed by atoms with Crippen LogP contribution in [-0.4, -0.2) is 38.9 Å². The van der Waals surface area contributed by atoms with Gasteiger partial charge in [0.15, 0.2) is 11.6 Å². The molecule has 1 aromatic rings. The van der Waals surface area contributed by atoms with Gasteiger partial charge in [0.05, 0.1) is 13.2 Å². The minimum atomic E-state index is -0.961. The summed E-state index contributed by atoms with van der Waals surface area (Å²) in [5, 5.41) is 5.36. The quantitative estimate of drug-likeness (QED) is 0.786. The number of carbonyl (C=O) groups is 1. The van der Waals surface area contributed by atoms with E-state index in [9.17, 15) is 13.6 Å². The van der Waals surface area contributed by atoms with Gasteiger partial charge in [0.1, 0.15) is 12.4 Å². The molecular weight excluding hydrogens is 282 g/mol. The van der Waals surface area contributed by atoms with Gasteiger partial charge in [-0.3, -0.25) is 0 Å². The first-order valence-corrected chi connectivity index (χ1v) is 6.82. The van der Waals surface area contributed by atoms with E-state index < -0.39 is 11.6 Å². The average molecular weight is 300 g/mol. The van der Waals surface area contributed by atoms with E-state index in [2.05, 4.69) is 10.6 Å². The monoisotopic (exact) mass is 300 g/mol. The molecule has 0 aliphatic carbocycles. The van der Waals surface area contributed by atoms with Gasteiger partial charge in [-0.2, -0.15) is 0 Å². The summed E-state index contributed by atoms with van der Waals surface area (Å²) in [7, 11) is 0. The van der Waals surface area contributed by atoms with E-state index in [0.717, 1.165) is 25.2 Å². The Hall–Kier alpha value is -1.89. The van der Waals surface area contributed by atoms with Crippen LogP contribution < -0.4 is 15.4 Å². The molecule has 0 bridgehead atoms. The third kappa shape index (κ3) is 5.18. The molecular formula is C14H18F2N2O3. The molecule has 1 saturated heterocycles. The molecule has 2 N–H and O–H groups in total. The largest absolute Gasteiger partial charge is 0.492 e. The molecule has 1 atom stereocenters. The predicted molar refractivity (Wildman–Crippen MR) is 72.2 cm³/mol. The second-order valence-corrected chi connectivity index (χ2v) is 4.79. The Balaban J connectivity index is 1.58. The van der Waals surface area contributed by atoms with E-state index in [1.54, 1.807) is 0 Å². The van der Waals surface area contributed by atoms with Gasteiger partial charge in [0.25, 0.3) is 0 Å². The third-order valence-electron chi connectivity index (χ3n) is 3.12. The molecule has 1 heterocycles. The van der Waals surface area contributed by atoms with Crippen LogP contribution in [0.3, 0.4) is 0 Å². The molecule has 2 amide bonds. The molecule has 1 aromatic carbocycles. The Morgan fingerprint density at radius 2 is 2.19 bits per heavy atom. The zero-order valence-corrected chi connectivity index (χ0v) is 11.5. The van der Waals surface area contributed by atoms with Gasteiger partial charge in [-0.1, -0.05) is 0 Å². The lowest BCUT2D eigenvalue weighted by Gasteiger charge is -2.11. The molecule has 5 nitrogen and oxygen atoms in total. The SMILES string of the molecule is O=C(NCCOc1ccc(F)c(F)c1)NC[C@H]1CCOC1. The maximum absolute atomic E-state index is 12.9. The summed E-state index contributed by atoms with van der Waals surface area (Å²) in [6.45, 7) is 2.45. The number of hydrogen-bond acceptors (Lipinski definition) is 3. The van der Waals surface area contributed by atoms with E-state index in [1.165, 1.54) is 6.07 Å². The molecule has 0 aromatic heterocycles. The van der Waals surface area contributed by atoms with Crippen LogP contribution in [-0.2, 0) is 4.74 Å². The molecule has 0 saturated carbocycles. The Kier molecular flexibility index (Phi) is 5.74. The van der Waals surface area contributed by atoms with E-state index in [0.29, 0.717) is 19.1 Å². The summed E-state index contributed by atoms with van der Waals surface area (Å²) in [5.74, 6) is -1.29. The molecule has 0 spiro atoms. The number of rotatable bonds is 6. The van der Waals surface area contributed by atoms with Crippen LogP contribution in [0.5, 0.6) is 5.75 Å². The molecule has 1 aliphatic rings. The molecule has 7 heteroatoms. The number of halogens is 2. The van der Waals surface area contributed by atoms with Gasteiger partial charge in [-0.25, -0.2) is 13.6 Å². The van der Waals surface area contributed by atoms with Crippen molar-refractivity contribution in [1.82, 2.24) is 10.6 Å². The van der Waals surface area contributed by atoms with Crippen molar-refractivity contribution in [2.45, 2.75) is 6.42 Å². The van der Waals surface area contributed by atoms with Crippen LogP contribution >= 0.6 is 0 Å². The van der Waals surface area contributed by atoms with Gasteiger partial charge in [-0.15, -0.1) is 0 Å². The molecule has 1 fully saturated rings. The smallest absolute Gasteiger partial charge is 0.314 e. The number of benzene rings is 1. The van der Waals surface area contributed by atoms with Gasteiger partial charge in [-0.05, 0) is 18.6 Å². The van der Waals surface area contributed by atoms with Crippen LogP contribution in [0.15, 0.2) is 18.2 Å². The summed E-state index contributed by atoms with van der Waals surface area (Å²) in [6, 6.07) is 3.01. The van der Waals surface area contributed by atoms with Crippen LogP contribution in [0.4, 0.5) is 13.6 Å². The molecule has 0 radical (unpaired) electrons. The number of nitrogens with one attached hydrogen (secondary N) is 2. The van der Waals surface area contributed by atoms with E-state index in [-0.39, 0.29) is 24.9 Å². The van der Waals surface area contributed by atoms with Crippen molar-refractivity contribution in [3.05, 3.63) is 29.8 Å². The van der Waals surface area contributed by atoms with Crippen molar-refractivity contribution >= 4 is 6.03 Å². The van der Waals surface area contributed by atoms with Crippen LogP contribution in [0.1, 0.15) is 6.42 Å². The second kappa shape index (κ2) is 7.78. The number of carbonyl (C=O) groups excluding carboxylic acids is 1. The van der Waals surface area contributed by atoms with Crippen LogP contribution in [0.2, 0.25) is 0 Å². The van der Waals surface area contributed by atoms with Crippen molar-refractivity contribution in [2.24, 2.45) is 5.92 Å². The predicted octanol–water partition coefficient (Wildman–Crippen LogP) is 1.68. The zero-order valence-electron chi connectivity index (χ0n) is 11.5.